The molecular formula is C13H10ClN3O2S2. The number of hydrazine groups is 1. The van der Waals surface area contributed by atoms with Crippen LogP contribution in [0.3, 0.4) is 0 Å². The molecule has 8 heteroatoms. The van der Waals surface area contributed by atoms with Gasteiger partial charge in [-0.3, -0.25) is 25.8 Å². The van der Waals surface area contributed by atoms with Gasteiger partial charge in [-0.15, -0.1) is 11.3 Å². The lowest BCUT2D eigenvalue weighted by Gasteiger charge is -2.10. The molecule has 0 aliphatic carbocycles. The zero-order chi connectivity index (χ0) is 15.2. The first-order chi connectivity index (χ1) is 10.1. The molecule has 3 N–H and O–H groups in total. The molecule has 0 radical (unpaired) electrons. The van der Waals surface area contributed by atoms with Crippen LogP contribution >= 0.6 is 35.2 Å². The van der Waals surface area contributed by atoms with Crippen molar-refractivity contribution >= 4 is 52.1 Å². The fraction of sp³-hybridized carbons (Fsp3) is 0. The van der Waals surface area contributed by atoms with Crippen LogP contribution in [0.5, 0.6) is 0 Å². The Morgan fingerprint density at radius 2 is 1.81 bits per heavy atom. The number of halogens is 1. The first-order valence-electron chi connectivity index (χ1n) is 5.77. The molecule has 5 nitrogen and oxygen atoms in total. The van der Waals surface area contributed by atoms with Gasteiger partial charge in [0.05, 0.1) is 15.5 Å². The highest BCUT2D eigenvalue weighted by Crippen LogP contribution is 2.14. The minimum atomic E-state index is -0.455. The molecule has 21 heavy (non-hydrogen) atoms. The summed E-state index contributed by atoms with van der Waals surface area (Å²) in [7, 11) is 0. The lowest BCUT2D eigenvalue weighted by atomic mass is 10.2. The molecular weight excluding hydrogens is 330 g/mol. The third-order valence-electron chi connectivity index (χ3n) is 2.38. The highest BCUT2D eigenvalue weighted by Gasteiger charge is 2.12. The summed E-state index contributed by atoms with van der Waals surface area (Å²) in [6, 6.07) is 10.0. The summed E-state index contributed by atoms with van der Waals surface area (Å²) in [6.45, 7) is 0. The summed E-state index contributed by atoms with van der Waals surface area (Å²) < 4.78 is 0. The van der Waals surface area contributed by atoms with E-state index in [9.17, 15) is 9.59 Å². The summed E-state index contributed by atoms with van der Waals surface area (Å²) in [5, 5.41) is 4.50. The average Bonchev–Trinajstić information content (AvgIpc) is 2.99. The number of carbonyl (C=O) groups excluding carboxylic acids is 2. The largest absolute Gasteiger partial charge is 0.298 e. The quantitative estimate of drug-likeness (QED) is 0.580. The number of hydrogen-bond acceptors (Lipinski definition) is 4. The van der Waals surface area contributed by atoms with E-state index in [0.717, 1.165) is 0 Å². The number of amides is 2. The molecule has 1 heterocycles. The lowest BCUT2D eigenvalue weighted by Crippen LogP contribution is -2.48. The molecule has 2 aromatic rings. The van der Waals surface area contributed by atoms with Gasteiger partial charge >= 0.3 is 0 Å². The van der Waals surface area contributed by atoms with Crippen molar-refractivity contribution in [3.63, 3.8) is 0 Å². The second-order valence-electron chi connectivity index (χ2n) is 3.82. The maximum Gasteiger partial charge on any atom is 0.279 e. The summed E-state index contributed by atoms with van der Waals surface area (Å²) in [6.07, 6.45) is 0. The third kappa shape index (κ3) is 4.25. The van der Waals surface area contributed by atoms with Gasteiger partial charge in [-0.1, -0.05) is 29.8 Å². The van der Waals surface area contributed by atoms with Crippen molar-refractivity contribution in [3.05, 3.63) is 57.2 Å². The molecule has 0 bridgehead atoms. The summed E-state index contributed by atoms with van der Waals surface area (Å²) in [5.41, 5.74) is 5.14. The molecule has 0 aliphatic heterocycles. The predicted molar refractivity (Wildman–Crippen MR) is 86.4 cm³/mol. The standard InChI is InChI=1S/C13H10ClN3O2S2/c14-9-5-2-1-4-8(9)11(18)15-13(20)17-16-12(19)10-6-3-7-21-10/h1-7H,(H,16,19)(H2,15,17,18,20). The Kier molecular flexibility index (Phi) is 5.26. The number of carbonyl (C=O) groups is 2. The topological polar surface area (TPSA) is 70.2 Å². The van der Waals surface area contributed by atoms with Gasteiger partial charge < -0.3 is 0 Å². The van der Waals surface area contributed by atoms with Crippen LogP contribution in [0.2, 0.25) is 5.02 Å². The number of rotatable bonds is 2. The number of thiophene rings is 1. The van der Waals surface area contributed by atoms with Crippen LogP contribution in [0.25, 0.3) is 0 Å². The first-order valence-corrected chi connectivity index (χ1v) is 7.44. The van der Waals surface area contributed by atoms with Crippen LogP contribution in [0.1, 0.15) is 20.0 Å². The van der Waals surface area contributed by atoms with E-state index in [-0.39, 0.29) is 11.0 Å². The monoisotopic (exact) mass is 339 g/mol. The van der Waals surface area contributed by atoms with Gasteiger partial charge in [0.15, 0.2) is 5.11 Å². The summed E-state index contributed by atoms with van der Waals surface area (Å²) >= 11 is 12.1. The number of hydrogen-bond donors (Lipinski definition) is 3. The van der Waals surface area contributed by atoms with E-state index in [2.05, 4.69) is 16.2 Å². The minimum absolute atomic E-state index is 0.0233. The molecule has 0 unspecified atom stereocenters. The molecule has 108 valence electrons. The Hall–Kier alpha value is -1.96. The van der Waals surface area contributed by atoms with Crippen molar-refractivity contribution < 1.29 is 9.59 Å². The van der Waals surface area contributed by atoms with E-state index in [1.165, 1.54) is 11.3 Å². The Labute approximate surface area is 135 Å². The highest BCUT2D eigenvalue weighted by atomic mass is 35.5. The van der Waals surface area contributed by atoms with Crippen molar-refractivity contribution in [2.45, 2.75) is 0 Å². The molecule has 0 saturated heterocycles. The predicted octanol–water partition coefficient (Wildman–Crippen LogP) is 2.35. The lowest BCUT2D eigenvalue weighted by molar-refractivity contribution is 0.0938. The van der Waals surface area contributed by atoms with Gasteiger partial charge in [0.1, 0.15) is 0 Å². The molecule has 1 aromatic carbocycles. The van der Waals surface area contributed by atoms with Gasteiger partial charge in [0.2, 0.25) is 0 Å². The zero-order valence-electron chi connectivity index (χ0n) is 10.6. The normalized spacial score (nSPS) is 9.76. The van der Waals surface area contributed by atoms with Gasteiger partial charge in [-0.25, -0.2) is 0 Å². The summed E-state index contributed by atoms with van der Waals surface area (Å²) in [4.78, 5) is 24.1. The Balaban J connectivity index is 1.86. The molecule has 0 atom stereocenters. The van der Waals surface area contributed by atoms with Crippen LogP contribution in [0.4, 0.5) is 0 Å². The molecule has 0 spiro atoms. The van der Waals surface area contributed by atoms with Crippen molar-refractivity contribution in [3.8, 4) is 0 Å². The molecule has 0 fully saturated rings. The fourth-order valence-corrected chi connectivity index (χ4v) is 2.41. The van der Waals surface area contributed by atoms with E-state index in [1.54, 1.807) is 41.8 Å². The van der Waals surface area contributed by atoms with Crippen molar-refractivity contribution in [1.29, 1.82) is 0 Å². The highest BCUT2D eigenvalue weighted by molar-refractivity contribution is 7.80. The van der Waals surface area contributed by atoms with Crippen LogP contribution in [-0.2, 0) is 0 Å². The Morgan fingerprint density at radius 3 is 2.48 bits per heavy atom. The molecule has 0 saturated carbocycles. The van der Waals surface area contributed by atoms with Gasteiger partial charge in [-0.2, -0.15) is 0 Å². The molecule has 2 amide bonds. The van der Waals surface area contributed by atoms with Crippen LogP contribution in [-0.4, -0.2) is 16.9 Å². The van der Waals surface area contributed by atoms with Crippen LogP contribution in [0.15, 0.2) is 41.8 Å². The SMILES string of the molecule is O=C(NNC(=S)NC(=O)c1ccccc1Cl)c1cccs1. The number of thiocarbonyl (C=S) groups is 1. The van der Waals surface area contributed by atoms with Crippen molar-refractivity contribution in [2.24, 2.45) is 0 Å². The summed E-state index contributed by atoms with van der Waals surface area (Å²) in [5.74, 6) is -0.789. The number of benzene rings is 1. The van der Waals surface area contributed by atoms with Crippen molar-refractivity contribution in [1.82, 2.24) is 16.2 Å². The van der Waals surface area contributed by atoms with E-state index in [1.807, 2.05) is 0 Å². The van der Waals surface area contributed by atoms with E-state index in [4.69, 9.17) is 23.8 Å². The number of nitrogens with one attached hydrogen (secondary N) is 3. The van der Waals surface area contributed by atoms with Crippen molar-refractivity contribution in [2.75, 3.05) is 0 Å². The fourth-order valence-electron chi connectivity index (χ4n) is 1.43. The van der Waals surface area contributed by atoms with Gasteiger partial charge in [-0.05, 0) is 35.8 Å². The van der Waals surface area contributed by atoms with Gasteiger partial charge in [0.25, 0.3) is 11.8 Å². The van der Waals surface area contributed by atoms with E-state index >= 15 is 0 Å². The third-order valence-corrected chi connectivity index (χ3v) is 3.78. The smallest absolute Gasteiger partial charge is 0.279 e. The molecule has 0 aliphatic rings. The Bertz CT molecular complexity index is 674. The second-order valence-corrected chi connectivity index (χ2v) is 5.58. The van der Waals surface area contributed by atoms with Gasteiger partial charge in [0, 0.05) is 0 Å². The van der Waals surface area contributed by atoms with Crippen LogP contribution < -0.4 is 16.2 Å². The van der Waals surface area contributed by atoms with E-state index < -0.39 is 5.91 Å². The maximum atomic E-state index is 11.9. The van der Waals surface area contributed by atoms with E-state index in [0.29, 0.717) is 15.5 Å². The van der Waals surface area contributed by atoms with Crippen LogP contribution in [0, 0.1) is 0 Å². The zero-order valence-corrected chi connectivity index (χ0v) is 12.9. The maximum absolute atomic E-state index is 11.9. The molecule has 1 aromatic heterocycles. The second kappa shape index (κ2) is 7.16. The minimum Gasteiger partial charge on any atom is -0.298 e. The average molecular weight is 340 g/mol. The molecule has 2 rings (SSSR count). The Morgan fingerprint density at radius 1 is 1.05 bits per heavy atom. The first kappa shape index (κ1) is 15.4.